The van der Waals surface area contributed by atoms with Gasteiger partial charge in [-0.2, -0.15) is 13.2 Å². The van der Waals surface area contributed by atoms with Gasteiger partial charge >= 0.3 is 11.9 Å². The number of alkyl halides is 3. The molecule has 1 aromatic heterocycles. The van der Waals surface area contributed by atoms with Crippen LogP contribution in [0.15, 0.2) is 15.8 Å². The first-order chi connectivity index (χ1) is 7.29. The smallest absolute Gasteiger partial charge is 0.300 e. The molecule has 1 aromatic rings. The van der Waals surface area contributed by atoms with E-state index >= 15 is 0 Å². The third-order valence-corrected chi connectivity index (χ3v) is 2.60. The number of hydrogen-bond donors (Lipinski definition) is 1. The Morgan fingerprint density at radius 1 is 1.38 bits per heavy atom. The Labute approximate surface area is 102 Å². The molecule has 0 saturated carbocycles. The van der Waals surface area contributed by atoms with Gasteiger partial charge in [-0.05, 0) is 29.0 Å². The van der Waals surface area contributed by atoms with E-state index in [2.05, 4.69) is 0 Å². The first kappa shape index (κ1) is 13.3. The highest BCUT2D eigenvalue weighted by atomic mass is 127. The van der Waals surface area contributed by atoms with Gasteiger partial charge in [0, 0.05) is 19.2 Å². The number of halogens is 4. The fourth-order valence-corrected chi connectivity index (χ4v) is 1.57. The Kier molecular flexibility index (Phi) is 4.16. The van der Waals surface area contributed by atoms with Crippen molar-refractivity contribution >= 4 is 22.6 Å². The summed E-state index contributed by atoms with van der Waals surface area (Å²) in [6.45, 7) is -0.0644. The first-order valence-corrected chi connectivity index (χ1v) is 5.43. The number of aromatic nitrogens is 2. The van der Waals surface area contributed by atoms with Crippen molar-refractivity contribution in [2.24, 2.45) is 0 Å². The van der Waals surface area contributed by atoms with Crippen molar-refractivity contribution in [2.75, 3.05) is 0 Å². The molecule has 0 radical (unpaired) electrons. The Morgan fingerprint density at radius 2 is 2.00 bits per heavy atom. The lowest BCUT2D eigenvalue weighted by atomic mass is 10.3. The highest BCUT2D eigenvalue weighted by molar-refractivity contribution is 14.1. The zero-order valence-corrected chi connectivity index (χ0v) is 10.1. The maximum atomic E-state index is 11.9. The highest BCUT2D eigenvalue weighted by Gasteiger charge is 2.26. The van der Waals surface area contributed by atoms with Crippen LogP contribution in [0.1, 0.15) is 12.8 Å². The van der Waals surface area contributed by atoms with E-state index < -0.39 is 23.8 Å². The van der Waals surface area contributed by atoms with Gasteiger partial charge in [0.15, 0.2) is 0 Å². The second-order valence-electron chi connectivity index (χ2n) is 3.15. The molecular formula is C8H8F3IN2O2. The third kappa shape index (κ3) is 3.99. The number of rotatable bonds is 3. The van der Waals surface area contributed by atoms with Crippen molar-refractivity contribution in [1.82, 2.24) is 9.55 Å². The van der Waals surface area contributed by atoms with Gasteiger partial charge in [-0.1, -0.05) is 0 Å². The summed E-state index contributed by atoms with van der Waals surface area (Å²) < 4.78 is 36.9. The van der Waals surface area contributed by atoms with Crippen LogP contribution in [0.5, 0.6) is 0 Å². The molecule has 16 heavy (non-hydrogen) atoms. The Bertz CT molecular complexity index is 477. The van der Waals surface area contributed by atoms with E-state index in [0.717, 1.165) is 4.57 Å². The maximum Gasteiger partial charge on any atom is 0.389 e. The van der Waals surface area contributed by atoms with E-state index in [1.165, 1.54) is 6.20 Å². The number of H-pyrrole nitrogens is 1. The Balaban J connectivity index is 2.72. The first-order valence-electron chi connectivity index (χ1n) is 4.35. The lowest BCUT2D eigenvalue weighted by Gasteiger charge is -2.07. The van der Waals surface area contributed by atoms with Crippen molar-refractivity contribution < 1.29 is 13.2 Å². The molecule has 0 aromatic carbocycles. The summed E-state index contributed by atoms with van der Waals surface area (Å²) in [5.41, 5.74) is -1.22. The summed E-state index contributed by atoms with van der Waals surface area (Å²) in [4.78, 5) is 24.2. The minimum Gasteiger partial charge on any atom is -0.300 e. The van der Waals surface area contributed by atoms with E-state index in [1.54, 1.807) is 22.6 Å². The number of nitrogens with zero attached hydrogens (tertiary/aromatic N) is 1. The van der Waals surface area contributed by atoms with E-state index in [4.69, 9.17) is 0 Å². The molecule has 90 valence electrons. The lowest BCUT2D eigenvalue weighted by Crippen LogP contribution is -2.31. The van der Waals surface area contributed by atoms with Gasteiger partial charge in [0.05, 0.1) is 3.57 Å². The van der Waals surface area contributed by atoms with E-state index in [9.17, 15) is 22.8 Å². The topological polar surface area (TPSA) is 54.9 Å². The van der Waals surface area contributed by atoms with Gasteiger partial charge in [-0.25, -0.2) is 4.79 Å². The Morgan fingerprint density at radius 3 is 2.56 bits per heavy atom. The van der Waals surface area contributed by atoms with Gasteiger partial charge < -0.3 is 0 Å². The van der Waals surface area contributed by atoms with Crippen LogP contribution in [0.25, 0.3) is 0 Å². The van der Waals surface area contributed by atoms with Crippen LogP contribution in [-0.2, 0) is 6.54 Å². The number of nitrogens with one attached hydrogen (secondary N) is 1. The maximum absolute atomic E-state index is 11.9. The molecule has 0 aliphatic heterocycles. The summed E-state index contributed by atoms with van der Waals surface area (Å²) in [6, 6.07) is 0. The summed E-state index contributed by atoms with van der Waals surface area (Å²) in [6.07, 6.45) is -4.11. The van der Waals surface area contributed by atoms with Crippen LogP contribution >= 0.6 is 22.6 Å². The van der Waals surface area contributed by atoms with Gasteiger partial charge in [0.25, 0.3) is 5.56 Å². The molecule has 0 unspecified atom stereocenters. The van der Waals surface area contributed by atoms with Crippen molar-refractivity contribution in [3.63, 3.8) is 0 Å². The quantitative estimate of drug-likeness (QED) is 0.842. The SMILES string of the molecule is O=c1[nH]c(=O)n(CCCC(F)(F)F)cc1I. The lowest BCUT2D eigenvalue weighted by molar-refractivity contribution is -0.135. The zero-order valence-electron chi connectivity index (χ0n) is 7.97. The molecular weight excluding hydrogens is 340 g/mol. The van der Waals surface area contributed by atoms with Crippen molar-refractivity contribution in [3.8, 4) is 0 Å². The molecule has 0 fully saturated rings. The van der Waals surface area contributed by atoms with Crippen LogP contribution in [0, 0.1) is 3.57 Å². The van der Waals surface area contributed by atoms with Gasteiger partial charge in [-0.15, -0.1) is 0 Å². The van der Waals surface area contributed by atoms with Crippen LogP contribution in [0.2, 0.25) is 0 Å². The van der Waals surface area contributed by atoms with E-state index in [0.29, 0.717) is 0 Å². The molecule has 0 bridgehead atoms. The summed E-state index contributed by atoms with van der Waals surface area (Å²) in [5.74, 6) is 0. The second-order valence-corrected chi connectivity index (χ2v) is 4.31. The minimum atomic E-state index is -4.22. The largest absolute Gasteiger partial charge is 0.389 e. The predicted octanol–water partition coefficient (Wildman–Crippen LogP) is 1.48. The number of aromatic amines is 1. The van der Waals surface area contributed by atoms with Crippen LogP contribution < -0.4 is 11.2 Å². The molecule has 0 aliphatic rings. The molecule has 1 rings (SSSR count). The average Bonchev–Trinajstić information content (AvgIpc) is 2.11. The second kappa shape index (κ2) is 5.02. The van der Waals surface area contributed by atoms with Gasteiger partial charge in [-0.3, -0.25) is 14.3 Å². The number of aryl methyl sites for hydroxylation is 1. The summed E-state index contributed by atoms with van der Waals surface area (Å²) >= 11 is 1.71. The number of hydrogen-bond acceptors (Lipinski definition) is 2. The van der Waals surface area contributed by atoms with Crippen LogP contribution in [0.4, 0.5) is 13.2 Å². The standard InChI is InChI=1S/C8H8F3IN2O2/c9-8(10,11)2-1-3-14-4-5(12)6(15)13-7(14)16/h4H,1-3H2,(H,13,15,16). The molecule has 1 N–H and O–H groups in total. The van der Waals surface area contributed by atoms with E-state index in [-0.39, 0.29) is 16.5 Å². The van der Waals surface area contributed by atoms with E-state index in [1.807, 2.05) is 4.98 Å². The molecule has 0 saturated heterocycles. The van der Waals surface area contributed by atoms with Crippen LogP contribution in [0.3, 0.4) is 0 Å². The average molecular weight is 348 g/mol. The molecule has 0 amide bonds. The third-order valence-electron chi connectivity index (χ3n) is 1.83. The van der Waals surface area contributed by atoms with Crippen molar-refractivity contribution in [1.29, 1.82) is 0 Å². The highest BCUT2D eigenvalue weighted by Crippen LogP contribution is 2.21. The molecule has 0 spiro atoms. The fraction of sp³-hybridized carbons (Fsp3) is 0.500. The zero-order chi connectivity index (χ0) is 12.3. The minimum absolute atomic E-state index is 0.0644. The van der Waals surface area contributed by atoms with Crippen LogP contribution in [-0.4, -0.2) is 15.7 Å². The molecule has 0 atom stereocenters. The fourth-order valence-electron chi connectivity index (χ4n) is 1.10. The normalized spacial score (nSPS) is 11.8. The molecule has 8 heteroatoms. The predicted molar refractivity (Wildman–Crippen MR) is 59.3 cm³/mol. The van der Waals surface area contributed by atoms with Gasteiger partial charge in [0.2, 0.25) is 0 Å². The molecule has 1 heterocycles. The molecule has 4 nitrogen and oxygen atoms in total. The summed E-state index contributed by atoms with van der Waals surface area (Å²) in [7, 11) is 0. The van der Waals surface area contributed by atoms with Crippen molar-refractivity contribution in [3.05, 3.63) is 30.6 Å². The summed E-state index contributed by atoms with van der Waals surface area (Å²) in [5, 5.41) is 0. The molecule has 0 aliphatic carbocycles. The Hall–Kier alpha value is -0.800. The monoisotopic (exact) mass is 348 g/mol. The van der Waals surface area contributed by atoms with Gasteiger partial charge in [0.1, 0.15) is 0 Å². The van der Waals surface area contributed by atoms with Crippen molar-refractivity contribution in [2.45, 2.75) is 25.6 Å².